The van der Waals surface area contributed by atoms with Gasteiger partial charge in [0.05, 0.1) is 24.6 Å². The van der Waals surface area contributed by atoms with E-state index in [1.54, 1.807) is 102 Å². The predicted molar refractivity (Wildman–Crippen MR) is 302 cm³/mol. The van der Waals surface area contributed by atoms with E-state index < -0.39 is 47.2 Å². The van der Waals surface area contributed by atoms with E-state index in [9.17, 15) is 33.7 Å². The van der Waals surface area contributed by atoms with Gasteiger partial charge in [0.1, 0.15) is 0 Å². The van der Waals surface area contributed by atoms with E-state index >= 15 is 0 Å². The molecule has 76 heavy (non-hydrogen) atoms. The van der Waals surface area contributed by atoms with Crippen molar-refractivity contribution in [2.75, 3.05) is 28.2 Å². The fraction of sp³-hybridized carbons (Fsp3) is 0.115. The van der Waals surface area contributed by atoms with Crippen LogP contribution in [0.2, 0.25) is 5.02 Å². The van der Waals surface area contributed by atoms with E-state index in [-0.39, 0.29) is 35.9 Å². The van der Waals surface area contributed by atoms with E-state index in [0.29, 0.717) is 38.5 Å². The third kappa shape index (κ3) is 11.0. The molecule has 10 aromatic rings. The van der Waals surface area contributed by atoms with E-state index in [4.69, 9.17) is 21.6 Å². The molecule has 6 aromatic heterocycles. The lowest BCUT2D eigenvalue weighted by Gasteiger charge is -2.15. The minimum Gasteiger partial charge on any atom is -0.423 e. The largest absolute Gasteiger partial charge is 0.489 e. The Morgan fingerprint density at radius 3 is 1.37 bits per heavy atom. The van der Waals surface area contributed by atoms with Crippen molar-refractivity contribution >= 4 is 109 Å². The number of thiophene rings is 2. The van der Waals surface area contributed by atoms with E-state index in [2.05, 4.69) is 9.97 Å². The van der Waals surface area contributed by atoms with Gasteiger partial charge in [0.25, 0.3) is 20.0 Å². The molecule has 4 aromatic carbocycles. The summed E-state index contributed by atoms with van der Waals surface area (Å²) in [7, 11) is -11.2. The smallest absolute Gasteiger partial charge is 0.423 e. The topological polar surface area (TPSA) is 219 Å². The van der Waals surface area contributed by atoms with Crippen LogP contribution in [0.3, 0.4) is 0 Å². The first-order valence-corrected chi connectivity index (χ1v) is 30.7. The number of nitrogens with zero attached hydrogens (tertiary/aromatic N) is 6. The van der Waals surface area contributed by atoms with Crippen LogP contribution in [0.25, 0.3) is 55.4 Å². The Morgan fingerprint density at radius 2 is 0.947 bits per heavy atom. The molecule has 10 rings (SSSR count). The maximum Gasteiger partial charge on any atom is 0.489 e. The number of aromatic nitrogens is 4. The summed E-state index contributed by atoms with van der Waals surface area (Å²) in [5, 5.41) is 25.5. The molecule has 6 heterocycles. The standard InChI is InChI=1S/C26H23N3O4S3.C22H20ClN3O4S2.C4H5BO2S/c1-18-8-10-20(11-9-18)35(30,31)29-16-23(22-6-4-5-7-24(22)36(32,33)28(2)3)25-21(12-14-27-26(25)29)19-13-15-34-17-19;1-15-8-10-16(11-9-15)31(27,28)26-14-18(21-19(23)12-13-24-22(21)26)17-6-4-5-7-20(17)32(29,30)25(2)3;6-5(7)4-1-2-8-3-4/h4-17H,1-3H3;4-14H,1-3H3;1-3,6-7H. The molecule has 0 amide bonds. The first-order valence-electron chi connectivity index (χ1n) is 22.7. The Kier molecular flexibility index (Phi) is 16.4. The minimum atomic E-state index is -4.02. The summed E-state index contributed by atoms with van der Waals surface area (Å²) in [6.45, 7) is 3.75. The summed E-state index contributed by atoms with van der Waals surface area (Å²) < 4.78 is 111. The summed E-state index contributed by atoms with van der Waals surface area (Å²) in [5.74, 6) is 0. The van der Waals surface area contributed by atoms with Crippen molar-refractivity contribution in [2.45, 2.75) is 33.4 Å². The van der Waals surface area contributed by atoms with Crippen LogP contribution in [0.4, 0.5) is 0 Å². The molecule has 0 aliphatic carbocycles. The molecule has 0 aliphatic heterocycles. The van der Waals surface area contributed by atoms with Gasteiger partial charge in [-0.25, -0.2) is 60.2 Å². The van der Waals surface area contributed by atoms with Crippen molar-refractivity contribution in [2.24, 2.45) is 0 Å². The lowest BCUT2D eigenvalue weighted by atomic mass is 9.83. The highest BCUT2D eigenvalue weighted by molar-refractivity contribution is 7.90. The van der Waals surface area contributed by atoms with Gasteiger partial charge in [-0.1, -0.05) is 89.5 Å². The number of benzene rings is 4. The third-order valence-corrected chi connectivity index (χ3v) is 20.7. The highest BCUT2D eigenvalue weighted by Gasteiger charge is 2.30. The van der Waals surface area contributed by atoms with Gasteiger partial charge < -0.3 is 10.0 Å². The van der Waals surface area contributed by atoms with Crippen LogP contribution >= 0.6 is 34.3 Å². The number of fused-ring (bicyclic) bond motifs is 2. The normalized spacial score (nSPS) is 12.1. The van der Waals surface area contributed by atoms with Gasteiger partial charge in [-0.15, -0.1) is 0 Å². The average Bonchev–Trinajstić information content (AvgIpc) is 4.25. The van der Waals surface area contributed by atoms with Gasteiger partial charge in [-0.2, -0.15) is 22.7 Å². The van der Waals surface area contributed by atoms with Crippen molar-refractivity contribution in [1.29, 1.82) is 0 Å². The van der Waals surface area contributed by atoms with Gasteiger partial charge in [0, 0.05) is 86.0 Å². The molecule has 0 radical (unpaired) electrons. The van der Waals surface area contributed by atoms with Crippen molar-refractivity contribution in [1.82, 2.24) is 26.5 Å². The van der Waals surface area contributed by atoms with Gasteiger partial charge in [-0.3, -0.25) is 0 Å². The molecule has 0 bridgehead atoms. The highest BCUT2D eigenvalue weighted by atomic mass is 35.5. The Balaban J connectivity index is 0.000000176. The fourth-order valence-electron chi connectivity index (χ4n) is 7.94. The third-order valence-electron chi connectivity index (χ3n) is 12.0. The van der Waals surface area contributed by atoms with Crippen LogP contribution in [-0.4, -0.2) is 106 Å². The summed E-state index contributed by atoms with van der Waals surface area (Å²) in [5.41, 5.74) is 5.99. The molecule has 2 N–H and O–H groups in total. The maximum atomic E-state index is 13.8. The summed E-state index contributed by atoms with van der Waals surface area (Å²) in [4.78, 5) is 9.05. The lowest BCUT2D eigenvalue weighted by Crippen LogP contribution is -2.27. The Bertz CT molecular complexity index is 4190. The molecule has 0 saturated heterocycles. The Morgan fingerprint density at radius 1 is 0.513 bits per heavy atom. The van der Waals surface area contributed by atoms with Crippen LogP contribution in [0.15, 0.2) is 187 Å². The van der Waals surface area contributed by atoms with Gasteiger partial charge in [0.2, 0.25) is 20.0 Å². The van der Waals surface area contributed by atoms with Crippen LogP contribution in [-0.2, 0) is 40.1 Å². The number of hydrogen-bond acceptors (Lipinski definition) is 14. The second-order valence-corrected chi connectivity index (χ2v) is 27.2. The SMILES string of the molecule is Cc1ccc(S(=O)(=O)n2cc(-c3ccccc3S(=O)(=O)N(C)C)c3c(-c4ccsc4)ccnc32)cc1.Cc1ccc(S(=O)(=O)n2cc(-c3ccccc3S(=O)(=O)N(C)C)c3c(Cl)ccnc32)cc1.OB(O)c1ccsc1. The van der Waals surface area contributed by atoms with Gasteiger partial charge >= 0.3 is 7.12 Å². The quantitative estimate of drug-likeness (QED) is 0.110. The van der Waals surface area contributed by atoms with Crippen LogP contribution in [0.1, 0.15) is 11.1 Å². The zero-order valence-corrected chi connectivity index (χ0v) is 47.1. The first-order chi connectivity index (χ1) is 36.0. The second-order valence-electron chi connectivity index (χ2n) is 17.4. The summed E-state index contributed by atoms with van der Waals surface area (Å²) in [6.07, 6.45) is 5.84. The second kappa shape index (κ2) is 22.3. The summed E-state index contributed by atoms with van der Waals surface area (Å²) in [6, 6.07) is 33.0. The first kappa shape index (κ1) is 55.9. The van der Waals surface area contributed by atoms with Crippen molar-refractivity contribution in [3.05, 3.63) is 184 Å². The summed E-state index contributed by atoms with van der Waals surface area (Å²) >= 11 is 9.43. The molecule has 0 saturated carbocycles. The molecule has 16 nitrogen and oxygen atoms in total. The predicted octanol–water partition coefficient (Wildman–Crippen LogP) is 8.81. The Labute approximate surface area is 454 Å². The molecule has 0 unspecified atom stereocenters. The van der Waals surface area contributed by atoms with Crippen molar-refractivity contribution in [3.8, 4) is 33.4 Å². The number of rotatable bonds is 12. The van der Waals surface area contributed by atoms with Crippen molar-refractivity contribution in [3.63, 3.8) is 0 Å². The molecule has 0 atom stereocenters. The molecular formula is C52H48BClN6O10S6. The zero-order chi connectivity index (χ0) is 54.9. The number of halogens is 1. The van der Waals surface area contributed by atoms with Gasteiger partial charge in [0.15, 0.2) is 11.3 Å². The number of hydrogen-bond donors (Lipinski definition) is 2. The van der Waals surface area contributed by atoms with Crippen LogP contribution in [0, 0.1) is 13.8 Å². The molecule has 0 aliphatic rings. The lowest BCUT2D eigenvalue weighted by molar-refractivity contribution is 0.426. The van der Waals surface area contributed by atoms with E-state index in [0.717, 1.165) is 38.8 Å². The van der Waals surface area contributed by atoms with Gasteiger partial charge in [-0.05, 0) is 107 Å². The highest BCUT2D eigenvalue weighted by Crippen LogP contribution is 2.42. The van der Waals surface area contributed by atoms with Crippen LogP contribution in [0.5, 0.6) is 0 Å². The van der Waals surface area contributed by atoms with Crippen LogP contribution < -0.4 is 5.46 Å². The monoisotopic (exact) mass is 1150 g/mol. The molecule has 0 fully saturated rings. The molecule has 24 heteroatoms. The zero-order valence-electron chi connectivity index (χ0n) is 41.4. The maximum absolute atomic E-state index is 13.8. The molecular weight excluding hydrogens is 1110 g/mol. The number of pyridine rings is 2. The Hall–Kier alpha value is -6.35. The minimum absolute atomic E-state index is 0.0386. The number of sulfonamides is 2. The van der Waals surface area contributed by atoms with Crippen molar-refractivity contribution < 1.29 is 43.7 Å². The molecule has 392 valence electrons. The fourth-order valence-corrected chi connectivity index (χ4v) is 14.3. The number of aryl methyl sites for hydroxylation is 2. The molecule has 0 spiro atoms. The van der Waals surface area contributed by atoms with E-state index in [1.807, 2.05) is 36.7 Å². The average molecular weight is 1160 g/mol. The van der Waals surface area contributed by atoms with E-state index in [1.165, 1.54) is 93.7 Å².